The van der Waals surface area contributed by atoms with Crippen LogP contribution in [0.4, 0.5) is 5.69 Å². The van der Waals surface area contributed by atoms with Crippen LogP contribution in [0.3, 0.4) is 0 Å². The number of methoxy groups -OCH3 is 1. The van der Waals surface area contributed by atoms with E-state index in [1.54, 1.807) is 36.3 Å². The van der Waals surface area contributed by atoms with E-state index in [4.69, 9.17) is 4.74 Å². The maximum Gasteiger partial charge on any atom is 0.316 e. The smallest absolute Gasteiger partial charge is 0.316 e. The zero-order valence-electron chi connectivity index (χ0n) is 13.9. The fraction of sp³-hybridized carbons (Fsp3) is 0.263. The van der Waals surface area contributed by atoms with Crippen LogP contribution in [-0.4, -0.2) is 36.9 Å². The van der Waals surface area contributed by atoms with Gasteiger partial charge in [-0.3, -0.25) is 9.59 Å². The third-order valence-electron chi connectivity index (χ3n) is 4.15. The predicted molar refractivity (Wildman–Crippen MR) is 91.9 cm³/mol. The fourth-order valence-electron chi connectivity index (χ4n) is 2.86. The molecule has 0 saturated carbocycles. The second kappa shape index (κ2) is 6.74. The highest BCUT2D eigenvalue weighted by Crippen LogP contribution is 2.22. The lowest BCUT2D eigenvalue weighted by atomic mass is 10.1. The van der Waals surface area contributed by atoms with E-state index >= 15 is 0 Å². The van der Waals surface area contributed by atoms with Crippen molar-refractivity contribution in [1.29, 1.82) is 0 Å². The number of ether oxygens (including phenoxy) is 1. The van der Waals surface area contributed by atoms with Crippen molar-refractivity contribution in [2.24, 2.45) is 0 Å². The van der Waals surface area contributed by atoms with Crippen LogP contribution in [0.15, 0.2) is 48.5 Å². The summed E-state index contributed by atoms with van der Waals surface area (Å²) in [7, 11) is 1.59. The lowest BCUT2D eigenvalue weighted by molar-refractivity contribution is -0.146. The van der Waals surface area contributed by atoms with Gasteiger partial charge in [0.05, 0.1) is 7.11 Å². The number of benzene rings is 2. The Labute approximate surface area is 141 Å². The Morgan fingerprint density at radius 3 is 2.42 bits per heavy atom. The molecule has 0 atom stereocenters. The molecule has 3 rings (SSSR count). The van der Waals surface area contributed by atoms with Gasteiger partial charge in [-0.25, -0.2) is 0 Å². The Balaban J connectivity index is 1.72. The number of amides is 2. The van der Waals surface area contributed by atoms with Crippen LogP contribution in [0.25, 0.3) is 0 Å². The zero-order valence-corrected chi connectivity index (χ0v) is 13.9. The third-order valence-corrected chi connectivity index (χ3v) is 4.15. The summed E-state index contributed by atoms with van der Waals surface area (Å²) in [5.41, 5.74) is 2.89. The largest absolute Gasteiger partial charge is 0.497 e. The average molecular weight is 324 g/mol. The molecule has 2 aromatic rings. The van der Waals surface area contributed by atoms with Gasteiger partial charge in [0.25, 0.3) is 0 Å². The topological polar surface area (TPSA) is 49.9 Å². The Hall–Kier alpha value is -2.82. The first-order valence-corrected chi connectivity index (χ1v) is 7.89. The molecule has 0 bridgehead atoms. The van der Waals surface area contributed by atoms with Gasteiger partial charge in [0.2, 0.25) is 0 Å². The van der Waals surface area contributed by atoms with Gasteiger partial charge in [0.1, 0.15) is 5.75 Å². The molecular formula is C19H20N2O3. The van der Waals surface area contributed by atoms with Crippen LogP contribution in [0.1, 0.15) is 11.1 Å². The van der Waals surface area contributed by atoms with Gasteiger partial charge < -0.3 is 14.5 Å². The number of hydrogen-bond acceptors (Lipinski definition) is 3. The van der Waals surface area contributed by atoms with Gasteiger partial charge in [-0.2, -0.15) is 0 Å². The van der Waals surface area contributed by atoms with Gasteiger partial charge >= 0.3 is 11.8 Å². The van der Waals surface area contributed by atoms with E-state index in [0.29, 0.717) is 25.3 Å². The highest BCUT2D eigenvalue weighted by Gasteiger charge is 2.33. The molecule has 2 aromatic carbocycles. The maximum atomic E-state index is 12.5. The molecule has 5 heteroatoms. The van der Waals surface area contributed by atoms with E-state index in [-0.39, 0.29) is 0 Å². The van der Waals surface area contributed by atoms with E-state index in [0.717, 1.165) is 16.9 Å². The van der Waals surface area contributed by atoms with E-state index < -0.39 is 11.8 Å². The van der Waals surface area contributed by atoms with Crippen LogP contribution in [0.5, 0.6) is 5.75 Å². The number of piperazine rings is 1. The highest BCUT2D eigenvalue weighted by molar-refractivity contribution is 6.40. The van der Waals surface area contributed by atoms with Crippen LogP contribution >= 0.6 is 0 Å². The molecule has 1 heterocycles. The van der Waals surface area contributed by atoms with Crippen LogP contribution in [-0.2, 0) is 16.1 Å². The summed E-state index contributed by atoms with van der Waals surface area (Å²) in [6.45, 7) is 3.48. The molecule has 0 unspecified atom stereocenters. The van der Waals surface area contributed by atoms with Gasteiger partial charge in [0, 0.05) is 25.3 Å². The lowest BCUT2D eigenvalue weighted by Gasteiger charge is -2.33. The summed E-state index contributed by atoms with van der Waals surface area (Å²) in [6.07, 6.45) is 0. The highest BCUT2D eigenvalue weighted by atomic mass is 16.5. The number of carbonyl (C=O) groups excluding carboxylic acids is 2. The Morgan fingerprint density at radius 1 is 1.00 bits per heavy atom. The molecule has 24 heavy (non-hydrogen) atoms. The molecule has 0 aliphatic carbocycles. The predicted octanol–water partition coefficient (Wildman–Crippen LogP) is 2.38. The molecule has 0 spiro atoms. The molecule has 5 nitrogen and oxygen atoms in total. The SMILES string of the molecule is COc1ccc(N2CCN(Cc3cccc(C)c3)C(=O)C2=O)cc1. The van der Waals surface area contributed by atoms with Crippen molar-refractivity contribution in [2.75, 3.05) is 25.1 Å². The maximum absolute atomic E-state index is 12.5. The minimum atomic E-state index is -0.487. The van der Waals surface area contributed by atoms with E-state index in [1.807, 2.05) is 31.2 Å². The molecule has 124 valence electrons. The number of anilines is 1. The second-order valence-electron chi connectivity index (χ2n) is 5.87. The van der Waals surface area contributed by atoms with Crippen molar-refractivity contribution in [3.05, 3.63) is 59.7 Å². The Morgan fingerprint density at radius 2 is 1.75 bits per heavy atom. The number of nitrogens with zero attached hydrogens (tertiary/aromatic N) is 2. The van der Waals surface area contributed by atoms with Crippen molar-refractivity contribution in [3.63, 3.8) is 0 Å². The molecule has 0 N–H and O–H groups in total. The summed E-state index contributed by atoms with van der Waals surface area (Å²) in [6, 6.07) is 15.1. The molecule has 1 fully saturated rings. The van der Waals surface area contributed by atoms with E-state index in [9.17, 15) is 9.59 Å². The molecular weight excluding hydrogens is 304 g/mol. The number of carbonyl (C=O) groups is 2. The first kappa shape index (κ1) is 16.1. The number of hydrogen-bond donors (Lipinski definition) is 0. The van der Waals surface area contributed by atoms with E-state index in [2.05, 4.69) is 0 Å². The van der Waals surface area contributed by atoms with Crippen LogP contribution in [0, 0.1) is 6.92 Å². The molecule has 1 saturated heterocycles. The molecule has 2 amide bonds. The molecule has 1 aliphatic heterocycles. The normalized spacial score (nSPS) is 14.9. The standard InChI is InChI=1S/C19H20N2O3/c1-14-4-3-5-15(12-14)13-20-10-11-21(19(23)18(20)22)16-6-8-17(24-2)9-7-16/h3-9,12H,10-11,13H2,1-2H3. The van der Waals surface area contributed by atoms with Crippen molar-refractivity contribution in [3.8, 4) is 5.75 Å². The summed E-state index contributed by atoms with van der Waals surface area (Å²) >= 11 is 0. The average Bonchev–Trinajstić information content (AvgIpc) is 2.59. The molecule has 1 aliphatic rings. The van der Waals surface area contributed by atoms with Gasteiger partial charge in [-0.05, 0) is 36.8 Å². The minimum Gasteiger partial charge on any atom is -0.497 e. The summed E-state index contributed by atoms with van der Waals surface area (Å²) < 4.78 is 5.12. The number of aryl methyl sites for hydroxylation is 1. The van der Waals surface area contributed by atoms with Gasteiger partial charge in [-0.15, -0.1) is 0 Å². The summed E-state index contributed by atoms with van der Waals surface area (Å²) in [5, 5.41) is 0. The monoisotopic (exact) mass is 324 g/mol. The Kier molecular flexibility index (Phi) is 4.51. The molecule has 0 aromatic heterocycles. The second-order valence-corrected chi connectivity index (χ2v) is 5.87. The first-order valence-electron chi connectivity index (χ1n) is 7.89. The van der Waals surface area contributed by atoms with Crippen molar-refractivity contribution in [1.82, 2.24) is 4.90 Å². The fourth-order valence-corrected chi connectivity index (χ4v) is 2.86. The number of rotatable bonds is 4. The van der Waals surface area contributed by atoms with Gasteiger partial charge in [-0.1, -0.05) is 29.8 Å². The zero-order chi connectivity index (χ0) is 17.1. The third kappa shape index (κ3) is 3.25. The quantitative estimate of drug-likeness (QED) is 0.811. The lowest BCUT2D eigenvalue weighted by Crippen LogP contribution is -2.54. The van der Waals surface area contributed by atoms with Crippen LogP contribution < -0.4 is 9.64 Å². The van der Waals surface area contributed by atoms with Crippen LogP contribution in [0.2, 0.25) is 0 Å². The minimum absolute atomic E-state index is 0.460. The van der Waals surface area contributed by atoms with E-state index in [1.165, 1.54) is 4.90 Å². The first-order chi connectivity index (χ1) is 11.6. The summed E-state index contributed by atoms with van der Waals surface area (Å²) in [5.74, 6) is -0.228. The van der Waals surface area contributed by atoms with Crippen molar-refractivity contribution < 1.29 is 14.3 Å². The molecule has 0 radical (unpaired) electrons. The van der Waals surface area contributed by atoms with Crippen molar-refractivity contribution >= 4 is 17.5 Å². The van der Waals surface area contributed by atoms with Crippen molar-refractivity contribution in [2.45, 2.75) is 13.5 Å². The Bertz CT molecular complexity index is 755. The van der Waals surface area contributed by atoms with Gasteiger partial charge in [0.15, 0.2) is 0 Å². The summed E-state index contributed by atoms with van der Waals surface area (Å²) in [4.78, 5) is 28.0.